The topological polar surface area (TPSA) is 72.7 Å². The van der Waals surface area contributed by atoms with Crippen molar-refractivity contribution in [3.05, 3.63) is 35.9 Å². The number of carboxylic acids is 1. The van der Waals surface area contributed by atoms with Crippen molar-refractivity contribution < 1.29 is 19.1 Å². The van der Waals surface area contributed by atoms with Crippen LogP contribution >= 0.6 is 0 Å². The molecule has 0 aliphatic heterocycles. The SMILES string of the molecule is [2H]C([2H])([2H])C([O-])=N[C@H](Cc1ccccc1)C(=O)O. The van der Waals surface area contributed by atoms with Gasteiger partial charge in [-0.1, -0.05) is 30.3 Å². The highest BCUT2D eigenvalue weighted by atomic mass is 16.4. The molecule has 0 aliphatic rings. The van der Waals surface area contributed by atoms with E-state index >= 15 is 0 Å². The molecule has 1 N–H and O–H groups in total. The zero-order valence-corrected chi connectivity index (χ0v) is 7.88. The lowest BCUT2D eigenvalue weighted by Gasteiger charge is -2.11. The molecule has 80 valence electrons. The number of hydrogen-bond acceptors (Lipinski definition) is 3. The first-order valence-electron chi connectivity index (χ1n) is 5.82. The number of aliphatic imine (C=N–C) groups is 1. The summed E-state index contributed by atoms with van der Waals surface area (Å²) in [7, 11) is 0. The largest absolute Gasteiger partial charge is 0.862 e. The lowest BCUT2D eigenvalue weighted by atomic mass is 10.1. The van der Waals surface area contributed by atoms with E-state index in [-0.39, 0.29) is 6.42 Å². The lowest BCUT2D eigenvalue weighted by Crippen LogP contribution is -2.25. The average molecular weight is 209 g/mol. The van der Waals surface area contributed by atoms with Crippen molar-refractivity contribution >= 4 is 11.9 Å². The predicted molar refractivity (Wildman–Crippen MR) is 54.7 cm³/mol. The van der Waals surface area contributed by atoms with Crippen LogP contribution in [-0.4, -0.2) is 23.0 Å². The van der Waals surface area contributed by atoms with E-state index in [0.29, 0.717) is 5.56 Å². The van der Waals surface area contributed by atoms with Gasteiger partial charge in [-0.05, 0) is 18.3 Å². The fraction of sp³-hybridized carbons (Fsp3) is 0.273. The quantitative estimate of drug-likeness (QED) is 0.578. The summed E-state index contributed by atoms with van der Waals surface area (Å²) in [6.07, 6.45) is -0.0159. The summed E-state index contributed by atoms with van der Waals surface area (Å²) in [5.74, 6) is -2.71. The third-order valence-electron chi connectivity index (χ3n) is 1.83. The highest BCUT2D eigenvalue weighted by molar-refractivity contribution is 5.78. The Morgan fingerprint density at radius 2 is 2.27 bits per heavy atom. The molecule has 0 aliphatic carbocycles. The maximum absolute atomic E-state index is 11.2. The standard InChI is InChI=1S/C11H13NO3/c1-8(13)12-10(11(14)15)7-9-5-3-2-4-6-9/h2-6,10H,7H2,1H3,(H,12,13)(H,14,15)/p-1/t10-/m1/s1/i1D3. The molecule has 0 radical (unpaired) electrons. The van der Waals surface area contributed by atoms with Crippen molar-refractivity contribution in [1.82, 2.24) is 0 Å². The highest BCUT2D eigenvalue weighted by Gasteiger charge is 2.15. The smallest absolute Gasteiger partial charge is 0.328 e. The number of nitrogens with zero attached hydrogens (tertiary/aromatic N) is 1. The average Bonchev–Trinajstić information content (AvgIpc) is 2.28. The molecule has 0 saturated heterocycles. The van der Waals surface area contributed by atoms with Crippen LogP contribution in [0.5, 0.6) is 0 Å². The van der Waals surface area contributed by atoms with Crippen LogP contribution in [0.4, 0.5) is 0 Å². The van der Waals surface area contributed by atoms with Crippen molar-refractivity contribution in [2.75, 3.05) is 0 Å². The van der Waals surface area contributed by atoms with Gasteiger partial charge in [0.2, 0.25) is 0 Å². The second-order valence-corrected chi connectivity index (χ2v) is 2.98. The molecule has 0 spiro atoms. The summed E-state index contributed by atoms with van der Waals surface area (Å²) >= 11 is 0. The Hall–Kier alpha value is -1.84. The predicted octanol–water partition coefficient (Wildman–Crippen LogP) is 0.461. The van der Waals surface area contributed by atoms with Gasteiger partial charge in [0.25, 0.3) is 0 Å². The third kappa shape index (κ3) is 3.81. The van der Waals surface area contributed by atoms with Gasteiger partial charge < -0.3 is 10.2 Å². The Morgan fingerprint density at radius 1 is 1.60 bits per heavy atom. The van der Waals surface area contributed by atoms with E-state index in [1.54, 1.807) is 30.3 Å². The van der Waals surface area contributed by atoms with Crippen molar-refractivity contribution in [3.63, 3.8) is 0 Å². The molecule has 0 fully saturated rings. The minimum absolute atomic E-state index is 0.0159. The maximum atomic E-state index is 11.2. The molecule has 0 saturated carbocycles. The second-order valence-electron chi connectivity index (χ2n) is 2.98. The van der Waals surface area contributed by atoms with Gasteiger partial charge in [-0.3, -0.25) is 4.99 Å². The lowest BCUT2D eigenvalue weighted by molar-refractivity contribution is -0.216. The summed E-state index contributed by atoms with van der Waals surface area (Å²) < 4.78 is 20.5. The van der Waals surface area contributed by atoms with Crippen LogP contribution in [0.1, 0.15) is 16.5 Å². The van der Waals surface area contributed by atoms with Crippen molar-refractivity contribution in [2.45, 2.75) is 19.3 Å². The Balaban J connectivity index is 2.89. The summed E-state index contributed by atoms with van der Waals surface area (Å²) in [6.45, 7) is -2.90. The Kier molecular flexibility index (Phi) is 2.55. The second kappa shape index (κ2) is 5.14. The van der Waals surface area contributed by atoms with Crippen LogP contribution in [0.2, 0.25) is 0 Å². The van der Waals surface area contributed by atoms with E-state index in [0.717, 1.165) is 0 Å². The van der Waals surface area contributed by atoms with E-state index in [1.807, 2.05) is 0 Å². The first-order valence-corrected chi connectivity index (χ1v) is 4.32. The van der Waals surface area contributed by atoms with Gasteiger partial charge in [0.05, 0.1) is 0 Å². The number of benzene rings is 1. The Bertz CT molecular complexity index is 443. The van der Waals surface area contributed by atoms with Gasteiger partial charge in [-0.25, -0.2) is 4.79 Å². The molecule has 0 heterocycles. The maximum Gasteiger partial charge on any atom is 0.328 e. The van der Waals surface area contributed by atoms with Gasteiger partial charge in [0.15, 0.2) is 0 Å². The molecule has 1 aromatic rings. The summed E-state index contributed by atoms with van der Waals surface area (Å²) in [4.78, 5) is 14.2. The van der Waals surface area contributed by atoms with Crippen LogP contribution in [0.15, 0.2) is 35.3 Å². The van der Waals surface area contributed by atoms with Crippen LogP contribution in [0, 0.1) is 0 Å². The number of hydrogen-bond donors (Lipinski definition) is 1. The van der Waals surface area contributed by atoms with Gasteiger partial charge in [0, 0.05) is 10.5 Å². The van der Waals surface area contributed by atoms with Gasteiger partial charge in [-0.15, -0.1) is 0 Å². The van der Waals surface area contributed by atoms with Gasteiger partial charge in [-0.2, -0.15) is 0 Å². The summed E-state index contributed by atoms with van der Waals surface area (Å²) in [6, 6.07) is 7.21. The summed E-state index contributed by atoms with van der Waals surface area (Å²) in [5.41, 5.74) is 0.673. The minimum atomic E-state index is -2.90. The number of aliphatic carboxylic acids is 1. The molecule has 0 unspecified atom stereocenters. The van der Waals surface area contributed by atoms with Crippen LogP contribution in [-0.2, 0) is 11.2 Å². The zero-order valence-electron chi connectivity index (χ0n) is 10.9. The fourth-order valence-electron chi connectivity index (χ4n) is 1.17. The molecule has 1 atom stereocenters. The Labute approximate surface area is 92.1 Å². The molecule has 0 aromatic heterocycles. The zero-order chi connectivity index (χ0) is 13.8. The molecule has 4 heteroatoms. The molecular weight excluding hydrogens is 194 g/mol. The monoisotopic (exact) mass is 209 g/mol. The summed E-state index contributed by atoms with van der Waals surface area (Å²) in [5, 5.41) is 20.1. The fourth-order valence-corrected chi connectivity index (χ4v) is 1.17. The minimum Gasteiger partial charge on any atom is -0.862 e. The van der Waals surface area contributed by atoms with Crippen LogP contribution in [0.3, 0.4) is 0 Å². The van der Waals surface area contributed by atoms with Crippen molar-refractivity contribution in [1.29, 1.82) is 0 Å². The number of rotatable bonds is 4. The first kappa shape index (κ1) is 7.45. The first-order chi connectivity index (χ1) is 8.30. The van der Waals surface area contributed by atoms with Gasteiger partial charge in [0.1, 0.15) is 6.04 Å². The normalized spacial score (nSPS) is 17.3. The van der Waals surface area contributed by atoms with Gasteiger partial charge >= 0.3 is 5.97 Å². The molecule has 1 aromatic carbocycles. The molecule has 1 rings (SSSR count). The van der Waals surface area contributed by atoms with E-state index in [2.05, 4.69) is 4.99 Å². The molecule has 4 nitrogen and oxygen atoms in total. The molecular formula is C11H12NO3-. The molecule has 0 bridgehead atoms. The van der Waals surface area contributed by atoms with E-state index in [1.165, 1.54) is 0 Å². The van der Waals surface area contributed by atoms with Crippen LogP contribution in [0.25, 0.3) is 0 Å². The third-order valence-corrected chi connectivity index (χ3v) is 1.83. The molecule has 0 amide bonds. The number of carbonyl (C=O) groups is 1. The van der Waals surface area contributed by atoms with E-state index in [4.69, 9.17) is 9.22 Å². The van der Waals surface area contributed by atoms with E-state index < -0.39 is 24.8 Å². The van der Waals surface area contributed by atoms with Crippen LogP contribution < -0.4 is 5.11 Å². The van der Waals surface area contributed by atoms with Crippen molar-refractivity contribution in [2.24, 2.45) is 4.99 Å². The highest BCUT2D eigenvalue weighted by Crippen LogP contribution is 2.06. The van der Waals surface area contributed by atoms with Crippen molar-refractivity contribution in [3.8, 4) is 0 Å². The molecule has 15 heavy (non-hydrogen) atoms. The number of carboxylic acid groups (broad SMARTS) is 1. The van der Waals surface area contributed by atoms with E-state index in [9.17, 15) is 9.90 Å². The Morgan fingerprint density at radius 3 is 2.80 bits per heavy atom.